The molecule has 2 aromatic carbocycles. The fraction of sp³-hybridized carbons (Fsp3) is 0.364. The zero-order chi connectivity index (χ0) is 23.0. The standard InChI is InChI=1S/C22H22ClFN2O5S/c1-31-19-9-6-13(12-26-21(27)15-4-2-3-5-16(15)22(26)28)10-20(19)32(29,30)25-18-8-7-14(23)11-17(18)24/h6-11,15-16,25H,2-5,12H2,1H3/t15-,16+. The summed E-state index contributed by atoms with van der Waals surface area (Å²) in [6, 6.07) is 7.95. The number of rotatable bonds is 6. The van der Waals surface area contributed by atoms with E-state index >= 15 is 0 Å². The summed E-state index contributed by atoms with van der Waals surface area (Å²) in [6.45, 7) is -0.0352. The van der Waals surface area contributed by atoms with Crippen LogP contribution in [0.3, 0.4) is 0 Å². The molecule has 0 bridgehead atoms. The van der Waals surface area contributed by atoms with E-state index in [0.29, 0.717) is 18.4 Å². The number of hydrogen-bond donors (Lipinski definition) is 1. The van der Waals surface area contributed by atoms with Crippen molar-refractivity contribution in [3.8, 4) is 5.75 Å². The van der Waals surface area contributed by atoms with E-state index in [4.69, 9.17) is 16.3 Å². The summed E-state index contributed by atoms with van der Waals surface area (Å²) in [7, 11) is -2.93. The molecule has 2 aliphatic rings. The number of anilines is 1. The van der Waals surface area contributed by atoms with Crippen LogP contribution in [0.15, 0.2) is 41.3 Å². The molecule has 1 heterocycles. The van der Waals surface area contributed by atoms with Crippen molar-refractivity contribution in [3.05, 3.63) is 52.8 Å². The number of carbonyl (C=O) groups is 2. The lowest BCUT2D eigenvalue weighted by Gasteiger charge is -2.19. The molecule has 0 unspecified atom stereocenters. The number of likely N-dealkylation sites (tertiary alicyclic amines) is 1. The highest BCUT2D eigenvalue weighted by atomic mass is 35.5. The average Bonchev–Trinajstić information content (AvgIpc) is 3.01. The maximum Gasteiger partial charge on any atom is 0.265 e. The third-order valence-corrected chi connectivity index (χ3v) is 7.59. The normalized spacial score (nSPS) is 20.9. The molecule has 0 aromatic heterocycles. The van der Waals surface area contributed by atoms with Gasteiger partial charge in [0.15, 0.2) is 0 Å². The van der Waals surface area contributed by atoms with Crippen LogP contribution >= 0.6 is 11.6 Å². The van der Waals surface area contributed by atoms with Crippen LogP contribution < -0.4 is 9.46 Å². The number of benzene rings is 2. The molecule has 10 heteroatoms. The Morgan fingerprint density at radius 2 is 1.75 bits per heavy atom. The Bertz CT molecular complexity index is 1160. The van der Waals surface area contributed by atoms with Crippen molar-refractivity contribution in [2.75, 3.05) is 11.8 Å². The largest absolute Gasteiger partial charge is 0.495 e. The third kappa shape index (κ3) is 4.19. The van der Waals surface area contributed by atoms with Gasteiger partial charge < -0.3 is 4.74 Å². The fourth-order valence-corrected chi connectivity index (χ4v) is 5.82. The summed E-state index contributed by atoms with van der Waals surface area (Å²) < 4.78 is 47.5. The first-order chi connectivity index (χ1) is 15.2. The van der Waals surface area contributed by atoms with Crippen molar-refractivity contribution in [1.82, 2.24) is 4.90 Å². The van der Waals surface area contributed by atoms with E-state index in [1.807, 2.05) is 0 Å². The Kier molecular flexibility index (Phi) is 6.13. The zero-order valence-electron chi connectivity index (χ0n) is 17.3. The molecular formula is C22H22ClFN2O5S. The number of methoxy groups -OCH3 is 1. The lowest BCUT2D eigenvalue weighted by Crippen LogP contribution is -2.30. The molecule has 1 saturated carbocycles. The minimum Gasteiger partial charge on any atom is -0.495 e. The van der Waals surface area contributed by atoms with Crippen LogP contribution in [0.4, 0.5) is 10.1 Å². The van der Waals surface area contributed by atoms with Crippen molar-refractivity contribution in [2.24, 2.45) is 11.8 Å². The van der Waals surface area contributed by atoms with Crippen molar-refractivity contribution in [3.63, 3.8) is 0 Å². The number of carbonyl (C=O) groups excluding carboxylic acids is 2. The van der Waals surface area contributed by atoms with Crippen LogP contribution in [0.25, 0.3) is 0 Å². The predicted octanol–water partition coefficient (Wildman–Crippen LogP) is 3.96. The highest BCUT2D eigenvalue weighted by Gasteiger charge is 2.47. The van der Waals surface area contributed by atoms with Gasteiger partial charge in [-0.25, -0.2) is 12.8 Å². The van der Waals surface area contributed by atoms with Crippen molar-refractivity contribution < 1.29 is 27.1 Å². The number of fused-ring (bicyclic) bond motifs is 1. The van der Waals surface area contributed by atoms with Gasteiger partial charge in [-0.3, -0.25) is 19.2 Å². The molecule has 1 N–H and O–H groups in total. The number of nitrogens with zero attached hydrogens (tertiary/aromatic N) is 1. The maximum absolute atomic E-state index is 14.1. The monoisotopic (exact) mass is 480 g/mol. The minimum absolute atomic E-state index is 0.0352. The van der Waals surface area contributed by atoms with Gasteiger partial charge >= 0.3 is 0 Å². The number of halogens is 2. The van der Waals surface area contributed by atoms with Gasteiger partial charge in [0.05, 0.1) is 31.2 Å². The van der Waals surface area contributed by atoms with Gasteiger partial charge in [0.25, 0.3) is 10.0 Å². The minimum atomic E-state index is -4.24. The Morgan fingerprint density at radius 3 is 2.34 bits per heavy atom. The molecule has 170 valence electrons. The number of ether oxygens (including phenoxy) is 1. The summed E-state index contributed by atoms with van der Waals surface area (Å²) in [5, 5.41) is 0.130. The Balaban J connectivity index is 1.63. The van der Waals surface area contributed by atoms with Crippen molar-refractivity contribution >= 4 is 39.1 Å². The van der Waals surface area contributed by atoms with Crippen molar-refractivity contribution in [1.29, 1.82) is 0 Å². The van der Waals surface area contributed by atoms with Crippen LogP contribution in [-0.4, -0.2) is 32.2 Å². The average molecular weight is 481 g/mol. The van der Waals surface area contributed by atoms with Crippen LogP contribution in [0.2, 0.25) is 5.02 Å². The SMILES string of the molecule is COc1ccc(CN2C(=O)[C@H]3CCCC[C@H]3C2=O)cc1S(=O)(=O)Nc1ccc(Cl)cc1F. The fourth-order valence-electron chi connectivity index (χ4n) is 4.37. The number of hydrogen-bond acceptors (Lipinski definition) is 5. The highest BCUT2D eigenvalue weighted by molar-refractivity contribution is 7.92. The van der Waals surface area contributed by atoms with Crippen molar-refractivity contribution in [2.45, 2.75) is 37.1 Å². The van der Waals surface area contributed by atoms with Crippen LogP contribution in [0.5, 0.6) is 5.75 Å². The van der Waals surface area contributed by atoms with E-state index in [1.165, 1.54) is 36.3 Å². The van der Waals surface area contributed by atoms with E-state index in [9.17, 15) is 22.4 Å². The van der Waals surface area contributed by atoms with E-state index in [1.54, 1.807) is 6.07 Å². The number of imide groups is 1. The number of amides is 2. The summed E-state index contributed by atoms with van der Waals surface area (Å²) >= 11 is 5.73. The van der Waals surface area contributed by atoms with Gasteiger partial charge in [-0.2, -0.15) is 0 Å². The second-order valence-corrected chi connectivity index (χ2v) is 10.1. The number of sulfonamides is 1. The lowest BCUT2D eigenvalue weighted by atomic mass is 9.81. The Labute approximate surface area is 190 Å². The second-order valence-electron chi connectivity index (χ2n) is 7.97. The lowest BCUT2D eigenvalue weighted by molar-refractivity contribution is -0.140. The van der Waals surface area contributed by atoms with Crippen LogP contribution in [0.1, 0.15) is 31.2 Å². The van der Waals surface area contributed by atoms with Gasteiger partial charge in [-0.15, -0.1) is 0 Å². The summed E-state index contributed by atoms with van der Waals surface area (Å²) in [6.07, 6.45) is 3.24. The quantitative estimate of drug-likeness (QED) is 0.632. The van der Waals surface area contributed by atoms with Gasteiger partial charge in [0, 0.05) is 5.02 Å². The molecule has 2 aromatic rings. The molecule has 0 spiro atoms. The predicted molar refractivity (Wildman–Crippen MR) is 116 cm³/mol. The summed E-state index contributed by atoms with van der Waals surface area (Å²) in [5.41, 5.74) is 0.180. The Morgan fingerprint density at radius 1 is 1.09 bits per heavy atom. The smallest absolute Gasteiger partial charge is 0.265 e. The highest BCUT2D eigenvalue weighted by Crippen LogP contribution is 2.39. The first kappa shape index (κ1) is 22.5. The van der Waals surface area contributed by atoms with Gasteiger partial charge in [-0.1, -0.05) is 30.5 Å². The third-order valence-electron chi connectivity index (χ3n) is 5.97. The zero-order valence-corrected chi connectivity index (χ0v) is 18.9. The molecule has 2 fully saturated rings. The molecular weight excluding hydrogens is 459 g/mol. The van der Waals surface area contributed by atoms with E-state index in [2.05, 4.69) is 4.72 Å². The molecule has 2 amide bonds. The molecule has 0 radical (unpaired) electrons. The summed E-state index contributed by atoms with van der Waals surface area (Å²) in [4.78, 5) is 26.5. The number of nitrogens with one attached hydrogen (secondary N) is 1. The van der Waals surface area contributed by atoms with E-state index in [0.717, 1.165) is 18.9 Å². The summed E-state index contributed by atoms with van der Waals surface area (Å²) in [5.74, 6) is -1.77. The topological polar surface area (TPSA) is 92.8 Å². The van der Waals surface area contributed by atoms with E-state index in [-0.39, 0.29) is 51.5 Å². The Hall–Kier alpha value is -2.65. The first-order valence-electron chi connectivity index (χ1n) is 10.2. The first-order valence-corrected chi connectivity index (χ1v) is 12.1. The molecule has 1 saturated heterocycles. The van der Waals surface area contributed by atoms with Gasteiger partial charge in [0.1, 0.15) is 16.5 Å². The molecule has 2 atom stereocenters. The molecule has 32 heavy (non-hydrogen) atoms. The maximum atomic E-state index is 14.1. The van der Waals surface area contributed by atoms with Gasteiger partial charge in [-0.05, 0) is 48.7 Å². The molecule has 1 aliphatic carbocycles. The molecule has 7 nitrogen and oxygen atoms in total. The molecule has 4 rings (SSSR count). The molecule has 1 aliphatic heterocycles. The second kappa shape index (κ2) is 8.71. The van der Waals surface area contributed by atoms with Crippen LogP contribution in [0, 0.1) is 17.7 Å². The van der Waals surface area contributed by atoms with Gasteiger partial charge in [0.2, 0.25) is 11.8 Å². The van der Waals surface area contributed by atoms with E-state index < -0.39 is 15.8 Å². The van der Waals surface area contributed by atoms with Crippen LogP contribution in [-0.2, 0) is 26.2 Å².